The van der Waals surface area contributed by atoms with Gasteiger partial charge in [-0.15, -0.1) is 0 Å². The lowest BCUT2D eigenvalue weighted by molar-refractivity contribution is 0.235. The van der Waals surface area contributed by atoms with Gasteiger partial charge in [0.1, 0.15) is 5.54 Å². The summed E-state index contributed by atoms with van der Waals surface area (Å²) in [7, 11) is 0. The molecule has 0 atom stereocenters. The average Bonchev–Trinajstić information content (AvgIpc) is 2.37. The maximum Gasteiger partial charge on any atom is 0.316 e. The summed E-state index contributed by atoms with van der Waals surface area (Å²) in [6, 6.07) is 10.2. The van der Waals surface area contributed by atoms with Gasteiger partial charge in [0.2, 0.25) is 0 Å². The maximum absolute atomic E-state index is 11.6. The molecule has 4 nitrogen and oxygen atoms in total. The largest absolute Gasteiger partial charge is 0.338 e. The molecule has 0 aromatic heterocycles. The summed E-state index contributed by atoms with van der Waals surface area (Å²) < 4.78 is 0. The topological polar surface area (TPSA) is 64.9 Å². The Morgan fingerprint density at radius 1 is 1.14 bits per heavy atom. The molecule has 1 rings (SSSR count). The SMILES string of the molecule is CC(C)(C#N)NC(=O)NCCc1ccc(C(C)(C)C)cc1. The Hall–Kier alpha value is -2.02. The summed E-state index contributed by atoms with van der Waals surface area (Å²) >= 11 is 0. The lowest BCUT2D eigenvalue weighted by Crippen LogP contribution is -2.47. The summed E-state index contributed by atoms with van der Waals surface area (Å²) in [5.74, 6) is 0. The molecule has 0 spiro atoms. The molecule has 0 heterocycles. The molecule has 1 aromatic rings. The highest BCUT2D eigenvalue weighted by Gasteiger charge is 2.18. The van der Waals surface area contributed by atoms with E-state index in [0.717, 1.165) is 6.42 Å². The predicted octanol–water partition coefficient (Wildman–Crippen LogP) is 3.13. The first kappa shape index (κ1) is 17.0. The smallest absolute Gasteiger partial charge is 0.316 e. The van der Waals surface area contributed by atoms with Crippen LogP contribution in [0.25, 0.3) is 0 Å². The van der Waals surface area contributed by atoms with Crippen LogP contribution >= 0.6 is 0 Å². The number of rotatable bonds is 4. The quantitative estimate of drug-likeness (QED) is 0.893. The summed E-state index contributed by atoms with van der Waals surface area (Å²) in [5, 5.41) is 14.2. The fourth-order valence-corrected chi connectivity index (χ4v) is 1.85. The average molecular weight is 287 g/mol. The monoisotopic (exact) mass is 287 g/mol. The van der Waals surface area contributed by atoms with E-state index >= 15 is 0 Å². The second-order valence-electron chi connectivity index (χ2n) is 6.81. The van der Waals surface area contributed by atoms with Crippen LogP contribution < -0.4 is 10.6 Å². The van der Waals surface area contributed by atoms with Crippen molar-refractivity contribution in [3.8, 4) is 6.07 Å². The third-order valence-corrected chi connectivity index (χ3v) is 3.22. The summed E-state index contributed by atoms with van der Waals surface area (Å²) in [4.78, 5) is 11.6. The number of nitrogens with one attached hydrogen (secondary N) is 2. The molecule has 114 valence electrons. The van der Waals surface area contributed by atoms with Crippen molar-refractivity contribution in [1.29, 1.82) is 5.26 Å². The third kappa shape index (κ3) is 5.86. The first-order valence-corrected chi connectivity index (χ1v) is 7.21. The molecular formula is C17H25N3O. The van der Waals surface area contributed by atoms with E-state index in [1.54, 1.807) is 13.8 Å². The van der Waals surface area contributed by atoms with E-state index in [-0.39, 0.29) is 11.4 Å². The molecule has 0 bridgehead atoms. The molecule has 21 heavy (non-hydrogen) atoms. The zero-order valence-electron chi connectivity index (χ0n) is 13.6. The predicted molar refractivity (Wildman–Crippen MR) is 85.1 cm³/mol. The number of nitriles is 1. The molecule has 0 saturated carbocycles. The Morgan fingerprint density at radius 2 is 1.71 bits per heavy atom. The van der Waals surface area contributed by atoms with Crippen molar-refractivity contribution in [1.82, 2.24) is 10.6 Å². The van der Waals surface area contributed by atoms with Crippen LogP contribution in [0.5, 0.6) is 0 Å². The van der Waals surface area contributed by atoms with Crippen molar-refractivity contribution in [3.05, 3.63) is 35.4 Å². The fourth-order valence-electron chi connectivity index (χ4n) is 1.85. The van der Waals surface area contributed by atoms with Crippen molar-refractivity contribution < 1.29 is 4.79 Å². The summed E-state index contributed by atoms with van der Waals surface area (Å²) in [5.41, 5.74) is 1.79. The second kappa shape index (κ2) is 6.62. The van der Waals surface area contributed by atoms with E-state index in [4.69, 9.17) is 5.26 Å². The van der Waals surface area contributed by atoms with Gasteiger partial charge in [-0.2, -0.15) is 5.26 Å². The first-order valence-electron chi connectivity index (χ1n) is 7.21. The van der Waals surface area contributed by atoms with Crippen LogP contribution in [0.1, 0.15) is 45.7 Å². The molecule has 2 amide bonds. The fraction of sp³-hybridized carbons (Fsp3) is 0.529. The van der Waals surface area contributed by atoms with Crippen LogP contribution in [-0.2, 0) is 11.8 Å². The van der Waals surface area contributed by atoms with Crippen molar-refractivity contribution >= 4 is 6.03 Å². The van der Waals surface area contributed by atoms with Gasteiger partial charge in [-0.3, -0.25) is 0 Å². The molecule has 1 aromatic carbocycles. The van der Waals surface area contributed by atoms with E-state index in [1.165, 1.54) is 11.1 Å². The highest BCUT2D eigenvalue weighted by Crippen LogP contribution is 2.22. The van der Waals surface area contributed by atoms with Crippen LogP contribution in [-0.4, -0.2) is 18.1 Å². The Kier molecular flexibility index (Phi) is 5.37. The lowest BCUT2D eigenvalue weighted by Gasteiger charge is -2.19. The van der Waals surface area contributed by atoms with Crippen molar-refractivity contribution in [2.45, 2.75) is 52.0 Å². The van der Waals surface area contributed by atoms with E-state index in [0.29, 0.717) is 6.54 Å². The Labute approximate surface area is 127 Å². The first-order chi connectivity index (χ1) is 9.64. The number of carbonyl (C=O) groups is 1. The standard InChI is InChI=1S/C17H25N3O/c1-16(2,3)14-8-6-13(7-9-14)10-11-19-15(21)20-17(4,5)12-18/h6-9H,10-11H2,1-5H3,(H2,19,20,21). The van der Waals surface area contributed by atoms with Crippen LogP contribution in [0.15, 0.2) is 24.3 Å². The van der Waals surface area contributed by atoms with E-state index in [2.05, 4.69) is 55.7 Å². The zero-order valence-corrected chi connectivity index (χ0v) is 13.6. The van der Waals surface area contributed by atoms with E-state index in [9.17, 15) is 4.79 Å². The highest BCUT2D eigenvalue weighted by molar-refractivity contribution is 5.75. The Morgan fingerprint density at radius 3 is 2.19 bits per heavy atom. The minimum absolute atomic E-state index is 0.152. The van der Waals surface area contributed by atoms with Gasteiger partial charge in [0.15, 0.2) is 0 Å². The Bertz CT molecular complexity index is 518. The molecule has 0 fully saturated rings. The number of amides is 2. The van der Waals surface area contributed by atoms with Gasteiger partial charge in [-0.05, 0) is 36.8 Å². The zero-order chi connectivity index (χ0) is 16.1. The molecule has 0 radical (unpaired) electrons. The minimum Gasteiger partial charge on any atom is -0.338 e. The maximum atomic E-state index is 11.6. The van der Waals surface area contributed by atoms with E-state index < -0.39 is 5.54 Å². The molecule has 0 aliphatic heterocycles. The molecule has 0 aliphatic carbocycles. The van der Waals surface area contributed by atoms with Gasteiger partial charge in [0, 0.05) is 6.54 Å². The van der Waals surface area contributed by atoms with Crippen LogP contribution in [0.4, 0.5) is 4.79 Å². The molecule has 0 unspecified atom stereocenters. The van der Waals surface area contributed by atoms with Crippen molar-refractivity contribution in [2.75, 3.05) is 6.54 Å². The second-order valence-corrected chi connectivity index (χ2v) is 6.81. The number of benzene rings is 1. The molecule has 0 saturated heterocycles. The van der Waals surface area contributed by atoms with Crippen LogP contribution in [0.3, 0.4) is 0 Å². The van der Waals surface area contributed by atoms with Gasteiger partial charge in [0.05, 0.1) is 6.07 Å². The number of urea groups is 1. The van der Waals surface area contributed by atoms with Gasteiger partial charge >= 0.3 is 6.03 Å². The Balaban J connectivity index is 2.43. The van der Waals surface area contributed by atoms with Gasteiger partial charge in [-0.25, -0.2) is 4.79 Å². The molecule has 0 aliphatic rings. The highest BCUT2D eigenvalue weighted by atomic mass is 16.2. The van der Waals surface area contributed by atoms with Crippen molar-refractivity contribution in [2.24, 2.45) is 0 Å². The van der Waals surface area contributed by atoms with Gasteiger partial charge in [-0.1, -0.05) is 45.0 Å². The molecule has 2 N–H and O–H groups in total. The normalized spacial score (nSPS) is 11.6. The summed E-state index contributed by atoms with van der Waals surface area (Å²) in [6.45, 7) is 10.4. The lowest BCUT2D eigenvalue weighted by atomic mass is 9.86. The number of carbonyl (C=O) groups excluding carboxylic acids is 1. The van der Waals surface area contributed by atoms with E-state index in [1.807, 2.05) is 6.07 Å². The van der Waals surface area contributed by atoms with Gasteiger partial charge < -0.3 is 10.6 Å². The molecule has 4 heteroatoms. The number of hydrogen-bond donors (Lipinski definition) is 2. The van der Waals surface area contributed by atoms with Gasteiger partial charge in [0.25, 0.3) is 0 Å². The summed E-state index contributed by atoms with van der Waals surface area (Å²) in [6.07, 6.45) is 0.769. The van der Waals surface area contributed by atoms with Crippen LogP contribution in [0.2, 0.25) is 0 Å². The minimum atomic E-state index is -0.849. The third-order valence-electron chi connectivity index (χ3n) is 3.22. The number of nitrogens with zero attached hydrogens (tertiary/aromatic N) is 1. The van der Waals surface area contributed by atoms with Crippen LogP contribution in [0, 0.1) is 11.3 Å². The molecular weight excluding hydrogens is 262 g/mol. The number of hydrogen-bond acceptors (Lipinski definition) is 2. The van der Waals surface area contributed by atoms with Crippen molar-refractivity contribution in [3.63, 3.8) is 0 Å².